The molecule has 0 aliphatic carbocycles. The first-order valence-electron chi connectivity index (χ1n) is 10.7. The van der Waals surface area contributed by atoms with Gasteiger partial charge in [-0.3, -0.25) is 4.98 Å². The first-order chi connectivity index (χ1) is 16.6. The van der Waals surface area contributed by atoms with Gasteiger partial charge in [0.05, 0.1) is 30.1 Å². The second-order valence-electron chi connectivity index (χ2n) is 7.78. The van der Waals surface area contributed by atoms with Crippen LogP contribution < -0.4 is 10.2 Å². The molecule has 0 bridgehead atoms. The largest absolute Gasteiger partial charge is 0.465 e. The van der Waals surface area contributed by atoms with Crippen LogP contribution >= 0.6 is 28.1 Å². The molecule has 34 heavy (non-hydrogen) atoms. The van der Waals surface area contributed by atoms with E-state index >= 15 is 0 Å². The van der Waals surface area contributed by atoms with Gasteiger partial charge in [-0.1, -0.05) is 34.1 Å². The van der Waals surface area contributed by atoms with E-state index in [1.54, 1.807) is 12.3 Å². The van der Waals surface area contributed by atoms with Crippen molar-refractivity contribution in [1.29, 1.82) is 0 Å². The summed E-state index contributed by atoms with van der Waals surface area (Å²) in [5, 5.41) is 4.09. The molecule has 0 radical (unpaired) electrons. The summed E-state index contributed by atoms with van der Waals surface area (Å²) < 4.78 is 8.05. The Hall–Kier alpha value is -3.49. The molecule has 1 aliphatic heterocycles. The van der Waals surface area contributed by atoms with Gasteiger partial charge in [-0.05, 0) is 72.9 Å². The topological polar surface area (TPSA) is 59.4 Å². The summed E-state index contributed by atoms with van der Waals surface area (Å²) in [5.74, 6) is -0.388. The Morgan fingerprint density at radius 1 is 1.03 bits per heavy atom. The van der Waals surface area contributed by atoms with Crippen LogP contribution in [-0.2, 0) is 4.74 Å². The number of nitrogens with one attached hydrogen (secondary N) is 1. The number of rotatable bonds is 5. The lowest BCUT2D eigenvalue weighted by molar-refractivity contribution is 0.0600. The van der Waals surface area contributed by atoms with Crippen LogP contribution in [0.2, 0.25) is 0 Å². The lowest BCUT2D eigenvalue weighted by Crippen LogP contribution is -2.30. The molecule has 1 saturated heterocycles. The number of anilines is 1. The van der Waals surface area contributed by atoms with Gasteiger partial charge in [0, 0.05) is 28.2 Å². The monoisotopic (exact) mass is 532 g/mol. The third-order valence-electron chi connectivity index (χ3n) is 5.86. The van der Waals surface area contributed by atoms with Crippen molar-refractivity contribution in [2.45, 2.75) is 12.1 Å². The van der Waals surface area contributed by atoms with Gasteiger partial charge in [0.2, 0.25) is 0 Å². The van der Waals surface area contributed by atoms with Crippen molar-refractivity contribution in [1.82, 2.24) is 14.9 Å². The Morgan fingerprint density at radius 3 is 2.53 bits per heavy atom. The number of nitrogens with zero attached hydrogens (tertiary/aromatic N) is 3. The number of thiocarbonyl (C=S) groups is 1. The van der Waals surface area contributed by atoms with Gasteiger partial charge >= 0.3 is 5.97 Å². The van der Waals surface area contributed by atoms with Crippen LogP contribution in [0.1, 0.15) is 33.8 Å². The van der Waals surface area contributed by atoms with Gasteiger partial charge < -0.3 is 19.5 Å². The number of carbonyl (C=O) groups excluding carboxylic acids is 1. The highest BCUT2D eigenvalue weighted by atomic mass is 79.9. The van der Waals surface area contributed by atoms with Crippen molar-refractivity contribution in [3.05, 3.63) is 113 Å². The van der Waals surface area contributed by atoms with Gasteiger partial charge in [-0.2, -0.15) is 0 Å². The number of para-hydroxylation sites is 1. The Morgan fingerprint density at radius 2 is 1.79 bits per heavy atom. The summed E-state index contributed by atoms with van der Waals surface area (Å²) in [6.07, 6.45) is 3.73. The van der Waals surface area contributed by atoms with Crippen LogP contribution in [0.15, 0.2) is 95.7 Å². The van der Waals surface area contributed by atoms with Gasteiger partial charge in [0.15, 0.2) is 5.11 Å². The van der Waals surface area contributed by atoms with Crippen LogP contribution in [0.4, 0.5) is 5.69 Å². The molecule has 5 rings (SSSR count). The quantitative estimate of drug-likeness (QED) is 0.266. The summed E-state index contributed by atoms with van der Waals surface area (Å²) in [6.45, 7) is 0. The molecule has 0 unspecified atom stereocenters. The fourth-order valence-corrected chi connectivity index (χ4v) is 4.97. The second kappa shape index (κ2) is 9.40. The molecule has 170 valence electrons. The molecule has 0 spiro atoms. The summed E-state index contributed by atoms with van der Waals surface area (Å²) in [5.41, 5.74) is 4.02. The van der Waals surface area contributed by atoms with Crippen molar-refractivity contribution >= 4 is 44.9 Å². The molecule has 6 nitrogen and oxygen atoms in total. The third-order valence-corrected chi connectivity index (χ3v) is 6.70. The number of hydrogen-bond donors (Lipinski definition) is 1. The molecule has 1 N–H and O–H groups in total. The fourth-order valence-electron chi connectivity index (χ4n) is 4.36. The minimum Gasteiger partial charge on any atom is -0.465 e. The minimum absolute atomic E-state index is 0.198. The summed E-state index contributed by atoms with van der Waals surface area (Å²) >= 11 is 9.34. The van der Waals surface area contributed by atoms with E-state index in [0.717, 1.165) is 27.2 Å². The van der Waals surface area contributed by atoms with Crippen molar-refractivity contribution in [3.8, 4) is 5.69 Å². The number of benzene rings is 2. The number of halogens is 1. The highest BCUT2D eigenvalue weighted by molar-refractivity contribution is 9.10. The average Bonchev–Trinajstić information content (AvgIpc) is 3.49. The highest BCUT2D eigenvalue weighted by Gasteiger charge is 2.42. The zero-order valence-electron chi connectivity index (χ0n) is 18.3. The molecule has 0 amide bonds. The Kier molecular flexibility index (Phi) is 6.17. The normalized spacial score (nSPS) is 17.5. The first kappa shape index (κ1) is 22.3. The molecular formula is C26H21BrN4O2S. The maximum atomic E-state index is 12.5. The molecule has 8 heteroatoms. The van der Waals surface area contributed by atoms with Crippen molar-refractivity contribution in [2.24, 2.45) is 0 Å². The maximum Gasteiger partial charge on any atom is 0.339 e. The lowest BCUT2D eigenvalue weighted by atomic mass is 10.0. The smallest absolute Gasteiger partial charge is 0.339 e. The van der Waals surface area contributed by atoms with Gasteiger partial charge in [-0.25, -0.2) is 4.79 Å². The summed E-state index contributed by atoms with van der Waals surface area (Å²) in [6, 6.07) is 24.9. The zero-order chi connectivity index (χ0) is 23.7. The average molecular weight is 533 g/mol. The lowest BCUT2D eigenvalue weighted by Gasteiger charge is -2.29. The van der Waals surface area contributed by atoms with E-state index in [1.165, 1.54) is 7.11 Å². The van der Waals surface area contributed by atoms with Crippen molar-refractivity contribution < 1.29 is 9.53 Å². The summed E-state index contributed by atoms with van der Waals surface area (Å²) in [7, 11) is 1.39. The Bertz CT molecular complexity index is 1340. The van der Waals surface area contributed by atoms with E-state index in [0.29, 0.717) is 10.7 Å². The van der Waals surface area contributed by atoms with E-state index < -0.39 is 0 Å². The number of pyridine rings is 1. The van der Waals surface area contributed by atoms with Crippen LogP contribution in [0.25, 0.3) is 5.69 Å². The van der Waals surface area contributed by atoms with Gasteiger partial charge in [0.1, 0.15) is 6.04 Å². The molecule has 2 atom stereocenters. The Labute approximate surface area is 211 Å². The van der Waals surface area contributed by atoms with Crippen LogP contribution in [0.3, 0.4) is 0 Å². The molecule has 0 saturated carbocycles. The van der Waals surface area contributed by atoms with Gasteiger partial charge in [0.25, 0.3) is 0 Å². The standard InChI is InChI=1S/C26H21BrN4O2S/c1-33-25(32)19-7-2-3-9-21(19)30-16-6-10-22(30)24-23(20-8-4-5-15-28-20)29-26(34)31(24)18-13-11-17(27)12-14-18/h2-16,23-24H,1H3,(H,29,34)/t23-,24+/m1/s1. The minimum atomic E-state index is -0.388. The molecule has 2 aromatic heterocycles. The van der Waals surface area contributed by atoms with Crippen LogP contribution in [0, 0.1) is 0 Å². The summed E-state index contributed by atoms with van der Waals surface area (Å²) in [4.78, 5) is 19.2. The molecule has 4 aromatic rings. The SMILES string of the molecule is COC(=O)c1ccccc1-n1cccc1[C@H]1[C@@H](c2ccccn2)NC(=S)N1c1ccc(Br)cc1. The zero-order valence-corrected chi connectivity index (χ0v) is 20.7. The number of hydrogen-bond acceptors (Lipinski definition) is 4. The van der Waals surface area contributed by atoms with E-state index in [-0.39, 0.29) is 18.1 Å². The molecular weight excluding hydrogens is 512 g/mol. The predicted molar refractivity (Wildman–Crippen MR) is 139 cm³/mol. The van der Waals surface area contributed by atoms with Gasteiger partial charge in [-0.15, -0.1) is 0 Å². The maximum absolute atomic E-state index is 12.5. The van der Waals surface area contributed by atoms with E-state index in [4.69, 9.17) is 17.0 Å². The van der Waals surface area contributed by atoms with E-state index in [9.17, 15) is 4.79 Å². The number of ether oxygens (including phenoxy) is 1. The van der Waals surface area contributed by atoms with Crippen LogP contribution in [0.5, 0.6) is 0 Å². The Balaban J connectivity index is 1.69. The number of carbonyl (C=O) groups is 1. The van der Waals surface area contributed by atoms with Crippen molar-refractivity contribution in [3.63, 3.8) is 0 Å². The predicted octanol–water partition coefficient (Wildman–Crippen LogP) is 5.60. The van der Waals surface area contributed by atoms with E-state index in [2.05, 4.69) is 37.2 Å². The third kappa shape index (κ3) is 3.99. The molecule has 3 heterocycles. The highest BCUT2D eigenvalue weighted by Crippen LogP contribution is 2.42. The van der Waals surface area contributed by atoms with E-state index in [1.807, 2.05) is 77.5 Å². The molecule has 1 fully saturated rings. The number of esters is 1. The van der Waals surface area contributed by atoms with Crippen LogP contribution in [-0.4, -0.2) is 27.7 Å². The second-order valence-corrected chi connectivity index (χ2v) is 9.09. The number of aromatic nitrogens is 2. The first-order valence-corrected chi connectivity index (χ1v) is 11.9. The van der Waals surface area contributed by atoms with Crippen molar-refractivity contribution in [2.75, 3.05) is 12.0 Å². The molecule has 1 aliphatic rings. The number of methoxy groups -OCH3 is 1. The fraction of sp³-hybridized carbons (Fsp3) is 0.115. The molecule has 2 aromatic carbocycles.